The first-order valence-electron chi connectivity index (χ1n) is 7.63. The van der Waals surface area contributed by atoms with Crippen molar-refractivity contribution < 1.29 is 17.5 Å². The Morgan fingerprint density at radius 3 is 2.68 bits per heavy atom. The quantitative estimate of drug-likeness (QED) is 0.505. The van der Waals surface area contributed by atoms with Gasteiger partial charge in [-0.15, -0.1) is 0 Å². The zero-order valence-corrected chi connectivity index (χ0v) is 17.8. The van der Waals surface area contributed by atoms with Crippen LogP contribution in [0.25, 0.3) is 0 Å². The van der Waals surface area contributed by atoms with Crippen molar-refractivity contribution in [2.45, 2.75) is 11.5 Å². The normalized spacial score (nSPS) is 11.3. The molecule has 11 heteroatoms. The van der Waals surface area contributed by atoms with Crippen LogP contribution in [0.2, 0.25) is 10.0 Å². The Balaban J connectivity index is 1.89. The van der Waals surface area contributed by atoms with E-state index in [0.717, 1.165) is 0 Å². The topological polar surface area (TPSA) is 81.2 Å². The fraction of sp³-hybridized carbons (Fsp3) is 0.0588. The number of halogens is 4. The molecule has 0 amide bonds. The van der Waals surface area contributed by atoms with E-state index >= 15 is 0 Å². The maximum atomic E-state index is 13.3. The number of rotatable bonds is 6. The summed E-state index contributed by atoms with van der Waals surface area (Å²) in [5, 5.41) is -0.0297. The van der Waals surface area contributed by atoms with Crippen molar-refractivity contribution in [2.75, 3.05) is 4.72 Å². The lowest BCUT2D eigenvalue weighted by molar-refractivity contribution is 0.293. The zero-order valence-electron chi connectivity index (χ0n) is 13.9. The lowest BCUT2D eigenvalue weighted by atomic mass is 10.2. The Morgan fingerprint density at radius 1 is 1.18 bits per heavy atom. The van der Waals surface area contributed by atoms with E-state index in [9.17, 15) is 12.8 Å². The lowest BCUT2D eigenvalue weighted by Gasteiger charge is -2.13. The second kappa shape index (κ2) is 8.60. The highest BCUT2D eigenvalue weighted by atomic mass is 79.9. The molecule has 0 unspecified atom stereocenters. The minimum absolute atomic E-state index is 0.0461. The van der Waals surface area contributed by atoms with Gasteiger partial charge in [0.1, 0.15) is 21.9 Å². The van der Waals surface area contributed by atoms with E-state index < -0.39 is 15.8 Å². The number of nitrogens with one attached hydrogen (secondary N) is 1. The summed E-state index contributed by atoms with van der Waals surface area (Å²) >= 11 is 15.0. The van der Waals surface area contributed by atoms with E-state index in [1.54, 1.807) is 6.07 Å². The lowest BCUT2D eigenvalue weighted by Crippen LogP contribution is -2.16. The van der Waals surface area contributed by atoms with Gasteiger partial charge in [-0.25, -0.2) is 22.8 Å². The fourth-order valence-corrected chi connectivity index (χ4v) is 4.21. The van der Waals surface area contributed by atoms with Gasteiger partial charge in [-0.1, -0.05) is 41.4 Å². The average Bonchev–Trinajstić information content (AvgIpc) is 2.64. The molecule has 0 radical (unpaired) electrons. The highest BCUT2D eigenvalue weighted by Crippen LogP contribution is 2.31. The van der Waals surface area contributed by atoms with Crippen LogP contribution in [-0.2, 0) is 16.6 Å². The number of nitrogens with zero attached hydrogens (tertiary/aromatic N) is 2. The molecule has 6 nitrogen and oxygen atoms in total. The van der Waals surface area contributed by atoms with Crippen molar-refractivity contribution in [3.8, 4) is 5.88 Å². The predicted octanol–water partition coefficient (Wildman–Crippen LogP) is 5.06. The minimum Gasteiger partial charge on any atom is -0.470 e. The Morgan fingerprint density at radius 2 is 1.93 bits per heavy atom. The molecule has 0 aliphatic heterocycles. The summed E-state index contributed by atoms with van der Waals surface area (Å²) in [6.07, 6.45) is 1.30. The Hall–Kier alpha value is -1.94. The summed E-state index contributed by atoms with van der Waals surface area (Å²) in [6.45, 7) is -0.0461. The Bertz CT molecular complexity index is 1130. The molecular weight excluding hydrogens is 496 g/mol. The van der Waals surface area contributed by atoms with Gasteiger partial charge in [0.15, 0.2) is 0 Å². The second-order valence-corrected chi connectivity index (χ2v) is 8.67. The number of sulfonamides is 1. The molecule has 0 aliphatic rings. The second-order valence-electron chi connectivity index (χ2n) is 5.42. The summed E-state index contributed by atoms with van der Waals surface area (Å²) in [4.78, 5) is 7.86. The molecule has 3 rings (SSSR count). The molecule has 1 heterocycles. The van der Waals surface area contributed by atoms with Crippen molar-refractivity contribution >= 4 is 55.0 Å². The van der Waals surface area contributed by atoms with Crippen LogP contribution in [-0.4, -0.2) is 18.4 Å². The van der Waals surface area contributed by atoms with Crippen LogP contribution in [0, 0.1) is 5.82 Å². The largest absolute Gasteiger partial charge is 0.470 e. The molecular formula is C17H11BrCl2FN3O3S. The molecule has 0 bridgehead atoms. The number of benzene rings is 2. The molecule has 2 aromatic carbocycles. The van der Waals surface area contributed by atoms with Crippen LogP contribution >= 0.6 is 39.1 Å². The standard InChI is InChI=1S/C17H11BrCl2FN3O3S/c18-14-8-22-16(17(23-14)27-9-10-3-1-4-11(21)7-10)24-28(25,26)13-6-2-5-12(19)15(13)20/h1-8H,9H2,(H,22,24). The molecule has 28 heavy (non-hydrogen) atoms. The Labute approximate surface area is 178 Å². The van der Waals surface area contributed by atoms with E-state index in [4.69, 9.17) is 27.9 Å². The van der Waals surface area contributed by atoms with Crippen molar-refractivity contribution in [3.05, 3.63) is 74.7 Å². The summed E-state index contributed by atoms with van der Waals surface area (Å²) in [5.41, 5.74) is 0.536. The van der Waals surface area contributed by atoms with Crippen LogP contribution in [0.1, 0.15) is 5.56 Å². The van der Waals surface area contributed by atoms with Crippen molar-refractivity contribution in [2.24, 2.45) is 0 Å². The average molecular weight is 507 g/mol. The van der Waals surface area contributed by atoms with Crippen molar-refractivity contribution in [1.82, 2.24) is 9.97 Å². The van der Waals surface area contributed by atoms with E-state index in [1.165, 1.54) is 42.6 Å². The number of ether oxygens (including phenoxy) is 1. The molecule has 0 aliphatic carbocycles. The summed E-state index contributed by atoms with van der Waals surface area (Å²) < 4.78 is 46.8. The molecule has 0 saturated heterocycles. The van der Waals surface area contributed by atoms with Gasteiger partial charge in [0, 0.05) is 0 Å². The molecule has 0 atom stereocenters. The first-order valence-corrected chi connectivity index (χ1v) is 10.7. The fourth-order valence-electron chi connectivity index (χ4n) is 2.17. The van der Waals surface area contributed by atoms with E-state index in [0.29, 0.717) is 10.2 Å². The van der Waals surface area contributed by atoms with E-state index in [-0.39, 0.29) is 33.2 Å². The van der Waals surface area contributed by atoms with Crippen LogP contribution in [0.5, 0.6) is 5.88 Å². The first-order chi connectivity index (χ1) is 13.3. The van der Waals surface area contributed by atoms with Crippen molar-refractivity contribution in [1.29, 1.82) is 0 Å². The molecule has 1 N–H and O–H groups in total. The van der Waals surface area contributed by atoms with Gasteiger partial charge in [-0.2, -0.15) is 0 Å². The maximum absolute atomic E-state index is 13.3. The van der Waals surface area contributed by atoms with Gasteiger partial charge in [-0.3, -0.25) is 4.72 Å². The third-order valence-corrected chi connectivity index (χ3v) is 6.11. The van der Waals surface area contributed by atoms with Crippen LogP contribution in [0.15, 0.2) is 58.2 Å². The molecule has 3 aromatic rings. The van der Waals surface area contributed by atoms with E-state index in [2.05, 4.69) is 30.6 Å². The summed E-state index contributed by atoms with van der Waals surface area (Å²) in [5.74, 6) is -0.672. The maximum Gasteiger partial charge on any atom is 0.264 e. The van der Waals surface area contributed by atoms with Gasteiger partial charge in [0.2, 0.25) is 5.82 Å². The highest BCUT2D eigenvalue weighted by Gasteiger charge is 2.23. The van der Waals surface area contributed by atoms with Gasteiger partial charge in [0.05, 0.1) is 16.2 Å². The predicted molar refractivity (Wildman–Crippen MR) is 108 cm³/mol. The zero-order chi connectivity index (χ0) is 20.3. The van der Waals surface area contributed by atoms with Crippen LogP contribution < -0.4 is 9.46 Å². The van der Waals surface area contributed by atoms with Gasteiger partial charge >= 0.3 is 0 Å². The van der Waals surface area contributed by atoms with Gasteiger partial charge < -0.3 is 4.74 Å². The summed E-state index contributed by atoms with van der Waals surface area (Å²) in [6, 6.07) is 10.0. The number of aromatic nitrogens is 2. The van der Waals surface area contributed by atoms with Crippen LogP contribution in [0.4, 0.5) is 10.2 Å². The van der Waals surface area contributed by atoms with Crippen LogP contribution in [0.3, 0.4) is 0 Å². The van der Waals surface area contributed by atoms with Gasteiger partial charge in [-0.05, 0) is 45.8 Å². The molecule has 0 saturated carbocycles. The first kappa shape index (κ1) is 20.8. The number of hydrogen-bond acceptors (Lipinski definition) is 5. The highest BCUT2D eigenvalue weighted by molar-refractivity contribution is 9.10. The molecule has 146 valence electrons. The third-order valence-electron chi connectivity index (χ3n) is 3.41. The Kier molecular flexibility index (Phi) is 6.39. The van der Waals surface area contributed by atoms with E-state index in [1.807, 2.05) is 0 Å². The van der Waals surface area contributed by atoms with Gasteiger partial charge in [0.25, 0.3) is 15.9 Å². The molecule has 0 fully saturated rings. The monoisotopic (exact) mass is 505 g/mol. The molecule has 1 aromatic heterocycles. The number of hydrogen-bond donors (Lipinski definition) is 1. The minimum atomic E-state index is -4.12. The summed E-state index contributed by atoms with van der Waals surface area (Å²) in [7, 11) is -4.12. The number of anilines is 1. The molecule has 0 spiro atoms. The smallest absolute Gasteiger partial charge is 0.264 e. The third kappa shape index (κ3) is 4.91. The SMILES string of the molecule is O=S(=O)(Nc1ncc(Br)nc1OCc1cccc(F)c1)c1cccc(Cl)c1Cl. The van der Waals surface area contributed by atoms with Crippen molar-refractivity contribution in [3.63, 3.8) is 0 Å².